The first-order chi connectivity index (χ1) is 10.7. The van der Waals surface area contributed by atoms with E-state index in [1.54, 1.807) is 0 Å². The van der Waals surface area contributed by atoms with E-state index in [0.29, 0.717) is 19.3 Å². The minimum absolute atomic E-state index is 0.0900. The van der Waals surface area contributed by atoms with Crippen LogP contribution in [0.15, 0.2) is 0 Å². The number of carboxylic acids is 1. The van der Waals surface area contributed by atoms with Crippen LogP contribution in [-0.2, 0) is 23.9 Å². The van der Waals surface area contributed by atoms with Gasteiger partial charge >= 0.3 is 17.9 Å². The molecule has 0 aromatic rings. The fourth-order valence-corrected chi connectivity index (χ4v) is 5.05. The molecule has 0 heterocycles. The maximum absolute atomic E-state index is 11.1. The number of hydrogen-bond acceptors (Lipinski definition) is 6. The Morgan fingerprint density at radius 2 is 1.22 bits per heavy atom. The molecule has 0 amide bonds. The van der Waals surface area contributed by atoms with Gasteiger partial charge in [-0.3, -0.25) is 14.4 Å². The molecular weight excluding hydrogens is 304 g/mol. The summed E-state index contributed by atoms with van der Waals surface area (Å²) < 4.78 is 9.25. The minimum atomic E-state index is -0.770. The van der Waals surface area contributed by atoms with Crippen molar-refractivity contribution in [3.8, 4) is 0 Å². The van der Waals surface area contributed by atoms with E-state index in [4.69, 9.17) is 10.2 Å². The van der Waals surface area contributed by atoms with Crippen LogP contribution < -0.4 is 0 Å². The Balaban J connectivity index is 0.000000136. The van der Waals surface area contributed by atoms with Gasteiger partial charge in [0.1, 0.15) is 0 Å². The molecule has 4 bridgehead atoms. The second-order valence-electron chi connectivity index (χ2n) is 7.85. The summed E-state index contributed by atoms with van der Waals surface area (Å²) in [6.45, 7) is 0.228. The van der Waals surface area contributed by atoms with E-state index in [9.17, 15) is 14.4 Å². The molecule has 0 aromatic carbocycles. The number of carbonyl (C=O) groups is 3. The molecule has 0 aromatic heterocycles. The molecule has 23 heavy (non-hydrogen) atoms. The van der Waals surface area contributed by atoms with E-state index >= 15 is 0 Å². The highest BCUT2D eigenvalue weighted by molar-refractivity contribution is 5.90. The van der Waals surface area contributed by atoms with Crippen molar-refractivity contribution < 1.29 is 34.1 Å². The number of aliphatic hydroxyl groups is 1. The van der Waals surface area contributed by atoms with E-state index in [-0.39, 0.29) is 29.4 Å². The summed E-state index contributed by atoms with van der Waals surface area (Å²) in [6, 6.07) is 0. The number of rotatable bonds is 4. The summed E-state index contributed by atoms with van der Waals surface area (Å²) in [4.78, 5) is 32.9. The fourth-order valence-electron chi connectivity index (χ4n) is 5.05. The molecule has 7 heteroatoms. The van der Waals surface area contributed by atoms with Crippen LogP contribution in [0.4, 0.5) is 0 Å². The van der Waals surface area contributed by atoms with Crippen molar-refractivity contribution in [2.24, 2.45) is 21.7 Å². The predicted molar refractivity (Wildman–Crippen MR) is 76.2 cm³/mol. The van der Waals surface area contributed by atoms with Gasteiger partial charge in [-0.2, -0.15) is 0 Å². The van der Waals surface area contributed by atoms with Crippen molar-refractivity contribution in [1.82, 2.24) is 0 Å². The molecule has 128 valence electrons. The smallest absolute Gasteiger partial charge is 0.311 e. The van der Waals surface area contributed by atoms with Crippen LogP contribution in [0.2, 0.25) is 0 Å². The number of carboxylic acid groups (broad SMARTS) is 1. The van der Waals surface area contributed by atoms with Gasteiger partial charge in [-0.05, 0) is 43.9 Å². The van der Waals surface area contributed by atoms with Crippen LogP contribution in [-0.4, -0.2) is 48.9 Å². The molecule has 0 saturated heterocycles. The van der Waals surface area contributed by atoms with Crippen LogP contribution in [0.5, 0.6) is 0 Å². The lowest BCUT2D eigenvalue weighted by Crippen LogP contribution is -2.68. The third-order valence-electron chi connectivity index (χ3n) is 6.20. The number of aliphatic hydroxyl groups excluding tert-OH is 1. The summed E-state index contributed by atoms with van der Waals surface area (Å²) in [5.74, 6) is -1.10. The lowest BCUT2D eigenvalue weighted by Gasteiger charge is -2.67. The Bertz CT molecular complexity index is 539. The topological polar surface area (TPSA) is 110 Å². The SMILES string of the molecule is COC(=O)C12CC(C(=O)O)(C1)C2.COC(=O)C12CC(CO)(C1)C2. The summed E-state index contributed by atoms with van der Waals surface area (Å²) in [6.07, 6.45) is 3.93. The maximum atomic E-state index is 11.1. The highest BCUT2D eigenvalue weighted by Crippen LogP contribution is 2.74. The third kappa shape index (κ3) is 1.95. The van der Waals surface area contributed by atoms with Gasteiger partial charge < -0.3 is 19.7 Å². The van der Waals surface area contributed by atoms with Gasteiger partial charge in [0.25, 0.3) is 0 Å². The van der Waals surface area contributed by atoms with E-state index in [1.165, 1.54) is 14.2 Å². The first-order valence-corrected chi connectivity index (χ1v) is 7.72. The van der Waals surface area contributed by atoms with Crippen molar-refractivity contribution >= 4 is 17.9 Å². The number of hydrogen-bond donors (Lipinski definition) is 2. The lowest BCUT2D eigenvalue weighted by atomic mass is 9.35. The lowest BCUT2D eigenvalue weighted by molar-refractivity contribution is -0.236. The first kappa shape index (κ1) is 16.2. The summed E-state index contributed by atoms with van der Waals surface area (Å²) in [5.41, 5.74) is -1.08. The Morgan fingerprint density at radius 1 is 0.826 bits per heavy atom. The molecule has 2 N–H and O–H groups in total. The zero-order chi connectivity index (χ0) is 17.1. The molecular formula is C16H22O7. The van der Waals surface area contributed by atoms with Gasteiger partial charge in [0.2, 0.25) is 0 Å². The highest BCUT2D eigenvalue weighted by atomic mass is 16.5. The minimum Gasteiger partial charge on any atom is -0.481 e. The van der Waals surface area contributed by atoms with Crippen LogP contribution in [0.25, 0.3) is 0 Å². The number of esters is 2. The zero-order valence-corrected chi connectivity index (χ0v) is 13.4. The van der Waals surface area contributed by atoms with Gasteiger partial charge in [0.05, 0.1) is 30.5 Å². The van der Waals surface area contributed by atoms with E-state index in [1.807, 2.05) is 0 Å². The van der Waals surface area contributed by atoms with E-state index in [0.717, 1.165) is 19.3 Å². The van der Waals surface area contributed by atoms with Gasteiger partial charge in [-0.25, -0.2) is 0 Å². The molecule has 6 saturated carbocycles. The molecule has 6 aliphatic rings. The summed E-state index contributed by atoms with van der Waals surface area (Å²) >= 11 is 0. The maximum Gasteiger partial charge on any atom is 0.311 e. The molecule has 0 aliphatic heterocycles. The van der Waals surface area contributed by atoms with Crippen molar-refractivity contribution in [2.45, 2.75) is 38.5 Å². The van der Waals surface area contributed by atoms with Gasteiger partial charge in [0, 0.05) is 6.61 Å². The zero-order valence-electron chi connectivity index (χ0n) is 13.4. The Hall–Kier alpha value is -1.63. The number of aliphatic carboxylic acids is 1. The molecule has 7 nitrogen and oxygen atoms in total. The van der Waals surface area contributed by atoms with Crippen molar-refractivity contribution in [3.63, 3.8) is 0 Å². The van der Waals surface area contributed by atoms with Crippen molar-refractivity contribution in [2.75, 3.05) is 20.8 Å². The molecule has 0 unspecified atom stereocenters. The standard InChI is InChI=1S/C8H10O4.C8H12O3/c1-12-6(11)8-2-7(3-8,4-8)5(9)10;1-11-6(10)8-2-7(3-8,4-8)5-9/h2-4H2,1H3,(H,9,10);9H,2-5H2,1H3. The monoisotopic (exact) mass is 326 g/mol. The van der Waals surface area contributed by atoms with E-state index < -0.39 is 16.8 Å². The predicted octanol–water partition coefficient (Wildman–Crippen LogP) is 0.736. The largest absolute Gasteiger partial charge is 0.481 e. The average Bonchev–Trinajstić information content (AvgIpc) is 2.32. The summed E-state index contributed by atoms with van der Waals surface area (Å²) in [5, 5.41) is 17.6. The molecule has 6 rings (SSSR count). The number of methoxy groups -OCH3 is 2. The average molecular weight is 326 g/mol. The molecule has 0 radical (unpaired) electrons. The van der Waals surface area contributed by atoms with Gasteiger partial charge in [-0.15, -0.1) is 0 Å². The van der Waals surface area contributed by atoms with Crippen molar-refractivity contribution in [1.29, 1.82) is 0 Å². The highest BCUT2D eigenvalue weighted by Gasteiger charge is 2.76. The normalized spacial score (nSPS) is 44.0. The van der Waals surface area contributed by atoms with Crippen LogP contribution in [0, 0.1) is 21.7 Å². The molecule has 6 fully saturated rings. The number of carbonyl (C=O) groups excluding carboxylic acids is 2. The Labute approximate surface area is 133 Å². The van der Waals surface area contributed by atoms with Crippen LogP contribution >= 0.6 is 0 Å². The van der Waals surface area contributed by atoms with E-state index in [2.05, 4.69) is 9.47 Å². The number of ether oxygens (including phenoxy) is 2. The fraction of sp³-hybridized carbons (Fsp3) is 0.812. The summed E-state index contributed by atoms with van der Waals surface area (Å²) in [7, 11) is 2.77. The second-order valence-corrected chi connectivity index (χ2v) is 7.85. The second kappa shape index (κ2) is 4.69. The van der Waals surface area contributed by atoms with Crippen LogP contribution in [0.3, 0.4) is 0 Å². The van der Waals surface area contributed by atoms with Crippen LogP contribution in [0.1, 0.15) is 38.5 Å². The van der Waals surface area contributed by atoms with Gasteiger partial charge in [0.15, 0.2) is 0 Å². The first-order valence-electron chi connectivity index (χ1n) is 7.72. The van der Waals surface area contributed by atoms with Gasteiger partial charge in [-0.1, -0.05) is 0 Å². The van der Waals surface area contributed by atoms with Crippen molar-refractivity contribution in [3.05, 3.63) is 0 Å². The third-order valence-corrected chi connectivity index (χ3v) is 6.20. The molecule has 0 spiro atoms. The molecule has 0 atom stereocenters. The Morgan fingerprint density at radius 3 is 1.52 bits per heavy atom. The Kier molecular flexibility index (Phi) is 3.31. The molecule has 6 aliphatic carbocycles. The quantitative estimate of drug-likeness (QED) is 0.733.